The molecule has 0 aromatic heterocycles. The molecule has 0 N–H and O–H groups in total. The van der Waals surface area contributed by atoms with Crippen molar-refractivity contribution in [2.45, 2.75) is 0 Å². The SMILES string of the molecule is [CH2-]N=NC.[CH3-].[CH3-].[W]. The molecule has 0 amide bonds. The van der Waals surface area contributed by atoms with Gasteiger partial charge in [-0.15, -0.1) is 0 Å². The van der Waals surface area contributed by atoms with Crippen LogP contribution in [0.2, 0.25) is 0 Å². The van der Waals surface area contributed by atoms with Crippen LogP contribution in [0.3, 0.4) is 0 Å². The van der Waals surface area contributed by atoms with Gasteiger partial charge in [-0.05, 0) is 0 Å². The molecule has 0 heterocycles. The Kier molecular flexibility index (Phi) is 137. The summed E-state index contributed by atoms with van der Waals surface area (Å²) in [6.45, 7) is 0. The van der Waals surface area contributed by atoms with E-state index < -0.39 is 0 Å². The molecule has 46 valence electrons. The Hall–Kier alpha value is 0.158. The molecular formula is C4H11N2W-3. The van der Waals surface area contributed by atoms with E-state index in [1.807, 2.05) is 0 Å². The summed E-state index contributed by atoms with van der Waals surface area (Å²) in [7, 11) is 4.64. The molecule has 7 heavy (non-hydrogen) atoms. The van der Waals surface area contributed by atoms with Crippen LogP contribution in [0.4, 0.5) is 0 Å². The van der Waals surface area contributed by atoms with Crippen molar-refractivity contribution in [3.05, 3.63) is 21.9 Å². The molecule has 0 aromatic rings. The summed E-state index contributed by atoms with van der Waals surface area (Å²) < 4.78 is 0. The number of hydrogen-bond acceptors (Lipinski definition) is 2. The summed E-state index contributed by atoms with van der Waals surface area (Å²) in [5.41, 5.74) is 0. The van der Waals surface area contributed by atoms with Crippen LogP contribution < -0.4 is 0 Å². The molecule has 0 aliphatic carbocycles. The minimum atomic E-state index is 0. The zero-order chi connectivity index (χ0) is 3.41. The van der Waals surface area contributed by atoms with Crippen LogP contribution in [0, 0.1) is 21.9 Å². The van der Waals surface area contributed by atoms with Crippen molar-refractivity contribution in [1.29, 1.82) is 0 Å². The molecule has 0 radical (unpaired) electrons. The van der Waals surface area contributed by atoms with E-state index in [0.29, 0.717) is 0 Å². The van der Waals surface area contributed by atoms with Gasteiger partial charge in [0.25, 0.3) is 0 Å². The second kappa shape index (κ2) is 35.2. The number of azo groups is 1. The van der Waals surface area contributed by atoms with Crippen molar-refractivity contribution in [3.63, 3.8) is 0 Å². The van der Waals surface area contributed by atoms with Gasteiger partial charge in [0, 0.05) is 28.1 Å². The molecule has 0 aliphatic rings. The topological polar surface area (TPSA) is 24.7 Å². The Bertz CT molecular complexity index is 24.9. The Balaban J connectivity index is -0.0000000150. The predicted octanol–water partition coefficient (Wildman–Crippen LogP) is 1.76. The summed E-state index contributed by atoms with van der Waals surface area (Å²) in [6, 6.07) is 0. The van der Waals surface area contributed by atoms with Gasteiger partial charge in [0.2, 0.25) is 0 Å². The molecule has 0 rings (SSSR count). The van der Waals surface area contributed by atoms with E-state index in [9.17, 15) is 0 Å². The zero-order valence-corrected chi connectivity index (χ0v) is 7.94. The van der Waals surface area contributed by atoms with E-state index in [1.54, 1.807) is 7.05 Å². The van der Waals surface area contributed by atoms with E-state index in [4.69, 9.17) is 0 Å². The van der Waals surface area contributed by atoms with Crippen LogP contribution >= 0.6 is 0 Å². The minimum Gasteiger partial charge on any atom is -0.359 e. The van der Waals surface area contributed by atoms with Crippen LogP contribution in [0.5, 0.6) is 0 Å². The maximum absolute atomic E-state index is 3.25. The Morgan fingerprint density at radius 3 is 1.43 bits per heavy atom. The van der Waals surface area contributed by atoms with Crippen LogP contribution in [0.25, 0.3) is 0 Å². The first-order valence-electron chi connectivity index (χ1n) is 0.963. The molecular weight excluding hydrogens is 260 g/mol. The summed E-state index contributed by atoms with van der Waals surface area (Å²) in [4.78, 5) is 0. The Labute approximate surface area is 60.7 Å². The molecule has 0 fully saturated rings. The second-order valence-corrected chi connectivity index (χ2v) is 0.341. The van der Waals surface area contributed by atoms with Crippen LogP contribution in [0.1, 0.15) is 0 Å². The van der Waals surface area contributed by atoms with Gasteiger partial charge in [-0.3, -0.25) is 7.05 Å². The maximum Gasteiger partial charge on any atom is 0.0458 e. The van der Waals surface area contributed by atoms with E-state index in [-0.39, 0.29) is 35.9 Å². The van der Waals surface area contributed by atoms with Crippen molar-refractivity contribution in [2.75, 3.05) is 7.05 Å². The maximum atomic E-state index is 3.25. The van der Waals surface area contributed by atoms with Crippen molar-refractivity contribution in [3.8, 4) is 0 Å². The number of rotatable bonds is 0. The molecule has 0 atom stereocenters. The van der Waals surface area contributed by atoms with Crippen molar-refractivity contribution in [1.82, 2.24) is 0 Å². The van der Waals surface area contributed by atoms with Gasteiger partial charge in [0.1, 0.15) is 0 Å². The van der Waals surface area contributed by atoms with Gasteiger partial charge in [-0.1, -0.05) is 0 Å². The van der Waals surface area contributed by atoms with E-state index in [1.165, 1.54) is 0 Å². The molecule has 0 aliphatic heterocycles. The van der Waals surface area contributed by atoms with Crippen LogP contribution in [0.15, 0.2) is 10.2 Å². The predicted molar refractivity (Wildman–Crippen MR) is 29.0 cm³/mol. The fourth-order valence-electron chi connectivity index (χ4n) is 0. The number of hydrogen-bond donors (Lipinski definition) is 0. The van der Waals surface area contributed by atoms with Crippen molar-refractivity contribution < 1.29 is 21.1 Å². The van der Waals surface area contributed by atoms with Crippen LogP contribution in [-0.2, 0) is 21.1 Å². The third kappa shape index (κ3) is 79.4. The van der Waals surface area contributed by atoms with E-state index in [0.717, 1.165) is 0 Å². The molecule has 3 heteroatoms. The summed E-state index contributed by atoms with van der Waals surface area (Å²) in [6.07, 6.45) is 0. The van der Waals surface area contributed by atoms with Crippen molar-refractivity contribution >= 4 is 0 Å². The summed E-state index contributed by atoms with van der Waals surface area (Å²) in [5.74, 6) is 0. The molecule has 0 bridgehead atoms. The largest absolute Gasteiger partial charge is 0.359 e. The first-order chi connectivity index (χ1) is 1.91. The minimum absolute atomic E-state index is 0. The molecule has 0 unspecified atom stereocenters. The molecule has 0 spiro atoms. The number of nitrogens with zero attached hydrogens (tertiary/aromatic N) is 2. The summed E-state index contributed by atoms with van der Waals surface area (Å²) in [5, 5.41) is 6.36. The summed E-state index contributed by atoms with van der Waals surface area (Å²) >= 11 is 0. The molecule has 0 saturated carbocycles. The smallest absolute Gasteiger partial charge is 0.0458 e. The van der Waals surface area contributed by atoms with Gasteiger partial charge in [-0.25, -0.2) is 5.11 Å². The molecule has 0 saturated heterocycles. The average molecular weight is 271 g/mol. The standard InChI is InChI=1S/C2H5N2.2CH3.W/c1-3-4-2;;;/h1H2,2H3;2*1H3;/q3*-1;. The first kappa shape index (κ1) is 27.2. The Morgan fingerprint density at radius 2 is 1.43 bits per heavy atom. The second-order valence-electron chi connectivity index (χ2n) is 0.341. The van der Waals surface area contributed by atoms with Gasteiger partial charge in [-0.2, -0.15) is 0 Å². The third-order valence-electron chi connectivity index (χ3n) is 0.141. The fraction of sp³-hybridized carbons (Fsp3) is 0.250. The van der Waals surface area contributed by atoms with Crippen molar-refractivity contribution in [2.24, 2.45) is 10.2 Å². The van der Waals surface area contributed by atoms with E-state index >= 15 is 0 Å². The fourth-order valence-corrected chi connectivity index (χ4v) is 0. The monoisotopic (exact) mass is 271 g/mol. The van der Waals surface area contributed by atoms with Gasteiger partial charge in [0.05, 0.1) is 0 Å². The molecule has 0 aromatic carbocycles. The third-order valence-corrected chi connectivity index (χ3v) is 0.141. The quantitative estimate of drug-likeness (QED) is 0.473. The van der Waals surface area contributed by atoms with Gasteiger partial charge >= 0.3 is 0 Å². The molecule has 2 nitrogen and oxygen atoms in total. The normalized spacial score (nSPS) is 5.29. The van der Waals surface area contributed by atoms with Crippen LogP contribution in [-0.4, -0.2) is 7.05 Å². The average Bonchev–Trinajstić information content (AvgIpc) is 1.37. The van der Waals surface area contributed by atoms with Gasteiger partial charge in [0.15, 0.2) is 0 Å². The van der Waals surface area contributed by atoms with E-state index in [2.05, 4.69) is 17.3 Å². The van der Waals surface area contributed by atoms with Gasteiger partial charge < -0.3 is 20.0 Å². The Morgan fingerprint density at radius 1 is 1.29 bits per heavy atom. The first-order valence-corrected chi connectivity index (χ1v) is 0.963. The zero-order valence-electron chi connectivity index (χ0n) is 5.01.